The fourth-order valence-corrected chi connectivity index (χ4v) is 2.59. The summed E-state index contributed by atoms with van der Waals surface area (Å²) < 4.78 is 6.86. The second-order valence-corrected chi connectivity index (χ2v) is 5.77. The highest BCUT2D eigenvalue weighted by molar-refractivity contribution is 6.33. The highest BCUT2D eigenvalue weighted by Crippen LogP contribution is 2.28. The molecule has 0 aliphatic carbocycles. The molecule has 0 saturated heterocycles. The lowest BCUT2D eigenvalue weighted by Crippen LogP contribution is -2.12. The monoisotopic (exact) mass is 365 g/mol. The van der Waals surface area contributed by atoms with Crippen molar-refractivity contribution in [2.45, 2.75) is 0 Å². The molecule has 3 heterocycles. The van der Waals surface area contributed by atoms with Gasteiger partial charge in [0.05, 0.1) is 16.9 Å². The maximum absolute atomic E-state index is 12.3. The third-order valence-corrected chi connectivity index (χ3v) is 3.96. The Balaban J connectivity index is 1.49. The van der Waals surface area contributed by atoms with Gasteiger partial charge in [0.2, 0.25) is 0 Å². The molecule has 0 aliphatic heterocycles. The van der Waals surface area contributed by atoms with Gasteiger partial charge in [0.1, 0.15) is 0 Å². The second kappa shape index (κ2) is 6.81. The Morgan fingerprint density at radius 2 is 2.04 bits per heavy atom. The van der Waals surface area contributed by atoms with Crippen LogP contribution >= 0.6 is 11.6 Å². The number of nitrogens with zero attached hydrogens (tertiary/aromatic N) is 4. The highest BCUT2D eigenvalue weighted by Gasteiger charge is 2.15. The molecule has 4 rings (SSSR count). The number of carbonyl (C=O) groups is 1. The molecule has 1 amide bonds. The zero-order chi connectivity index (χ0) is 17.9. The number of rotatable bonds is 4. The number of hydrogen-bond donors (Lipinski definition) is 1. The Labute approximate surface area is 153 Å². The van der Waals surface area contributed by atoms with Gasteiger partial charge in [0, 0.05) is 24.0 Å². The third-order valence-electron chi connectivity index (χ3n) is 3.63. The first-order valence-electron chi connectivity index (χ1n) is 7.70. The van der Waals surface area contributed by atoms with E-state index in [4.69, 9.17) is 16.1 Å². The smallest absolute Gasteiger partial charge is 0.277 e. The first kappa shape index (κ1) is 16.0. The SMILES string of the molecule is O=C(Nc1ccc(-n2cccn2)nc1)c1cc(-c2ccccc2Cl)on1. The zero-order valence-corrected chi connectivity index (χ0v) is 14.1. The van der Waals surface area contributed by atoms with Crippen LogP contribution in [0.5, 0.6) is 0 Å². The van der Waals surface area contributed by atoms with Crippen LogP contribution in [0.15, 0.2) is 71.6 Å². The molecule has 128 valence electrons. The van der Waals surface area contributed by atoms with Gasteiger partial charge in [-0.05, 0) is 30.3 Å². The third kappa shape index (κ3) is 3.20. The molecule has 4 aromatic rings. The molecule has 8 heteroatoms. The summed E-state index contributed by atoms with van der Waals surface area (Å²) in [7, 11) is 0. The number of pyridine rings is 1. The van der Waals surface area contributed by atoms with Crippen molar-refractivity contribution >= 4 is 23.2 Å². The minimum atomic E-state index is -0.402. The minimum Gasteiger partial charge on any atom is -0.355 e. The van der Waals surface area contributed by atoms with Crippen LogP contribution < -0.4 is 5.32 Å². The molecule has 0 bridgehead atoms. The summed E-state index contributed by atoms with van der Waals surface area (Å²) in [6.07, 6.45) is 4.99. The summed E-state index contributed by atoms with van der Waals surface area (Å²) in [5.41, 5.74) is 1.36. The van der Waals surface area contributed by atoms with Crippen molar-refractivity contribution in [2.24, 2.45) is 0 Å². The molecular weight excluding hydrogens is 354 g/mol. The molecule has 0 radical (unpaired) electrons. The molecule has 1 N–H and O–H groups in total. The summed E-state index contributed by atoms with van der Waals surface area (Å²) in [4.78, 5) is 16.6. The Bertz CT molecular complexity index is 1040. The van der Waals surface area contributed by atoms with Crippen molar-refractivity contribution in [2.75, 3.05) is 5.32 Å². The maximum Gasteiger partial charge on any atom is 0.277 e. The van der Waals surface area contributed by atoms with E-state index >= 15 is 0 Å². The Kier molecular flexibility index (Phi) is 4.20. The van der Waals surface area contributed by atoms with Gasteiger partial charge in [0.15, 0.2) is 17.3 Å². The van der Waals surface area contributed by atoms with Gasteiger partial charge >= 0.3 is 0 Å². The number of hydrogen-bond acceptors (Lipinski definition) is 5. The second-order valence-electron chi connectivity index (χ2n) is 5.37. The Hall–Kier alpha value is -3.45. The maximum atomic E-state index is 12.3. The van der Waals surface area contributed by atoms with Crippen molar-refractivity contribution in [3.05, 3.63) is 77.8 Å². The molecule has 1 aromatic carbocycles. The van der Waals surface area contributed by atoms with Gasteiger partial charge in [-0.2, -0.15) is 5.10 Å². The van der Waals surface area contributed by atoms with Crippen LogP contribution in [0.4, 0.5) is 5.69 Å². The van der Waals surface area contributed by atoms with Gasteiger partial charge in [-0.1, -0.05) is 28.9 Å². The summed E-state index contributed by atoms with van der Waals surface area (Å²) in [5.74, 6) is 0.670. The standard InChI is InChI=1S/C18H12ClN5O2/c19-14-5-2-1-4-13(14)16-10-15(23-26-16)18(25)22-12-6-7-17(20-11-12)24-9-3-8-21-24/h1-11H,(H,22,25). The van der Waals surface area contributed by atoms with Crippen LogP contribution in [0.3, 0.4) is 0 Å². The number of nitrogens with one attached hydrogen (secondary N) is 1. The van der Waals surface area contributed by atoms with Crippen molar-refractivity contribution in [3.8, 4) is 17.1 Å². The van der Waals surface area contributed by atoms with Crippen LogP contribution in [-0.4, -0.2) is 25.8 Å². The minimum absolute atomic E-state index is 0.149. The average Bonchev–Trinajstić information content (AvgIpc) is 3.35. The summed E-state index contributed by atoms with van der Waals surface area (Å²) in [6, 6.07) is 14.0. The predicted molar refractivity (Wildman–Crippen MR) is 96.3 cm³/mol. The molecule has 0 unspecified atom stereocenters. The Morgan fingerprint density at radius 1 is 1.15 bits per heavy atom. The van der Waals surface area contributed by atoms with Crippen LogP contribution in [-0.2, 0) is 0 Å². The lowest BCUT2D eigenvalue weighted by atomic mass is 10.1. The molecule has 0 atom stereocenters. The fraction of sp³-hybridized carbons (Fsp3) is 0. The van der Waals surface area contributed by atoms with E-state index in [0.717, 1.165) is 0 Å². The summed E-state index contributed by atoms with van der Waals surface area (Å²) in [6.45, 7) is 0. The predicted octanol–water partition coefficient (Wildman–Crippen LogP) is 3.83. The molecule has 0 fully saturated rings. The largest absolute Gasteiger partial charge is 0.355 e. The summed E-state index contributed by atoms with van der Waals surface area (Å²) >= 11 is 6.13. The molecule has 0 spiro atoms. The van der Waals surface area contributed by atoms with Crippen LogP contribution in [0.2, 0.25) is 5.02 Å². The Morgan fingerprint density at radius 3 is 2.77 bits per heavy atom. The van der Waals surface area contributed by atoms with E-state index in [0.29, 0.717) is 27.9 Å². The van der Waals surface area contributed by atoms with E-state index in [1.165, 1.54) is 0 Å². The van der Waals surface area contributed by atoms with E-state index in [1.54, 1.807) is 59.7 Å². The number of aromatic nitrogens is 4. The average molecular weight is 366 g/mol. The lowest BCUT2D eigenvalue weighted by molar-refractivity contribution is 0.101. The zero-order valence-electron chi connectivity index (χ0n) is 13.3. The van der Waals surface area contributed by atoms with Crippen molar-refractivity contribution in [1.82, 2.24) is 19.9 Å². The molecule has 0 aliphatic rings. The number of anilines is 1. The van der Waals surface area contributed by atoms with Gasteiger partial charge in [-0.3, -0.25) is 4.79 Å². The molecule has 0 saturated carbocycles. The number of benzene rings is 1. The van der Waals surface area contributed by atoms with Crippen molar-refractivity contribution in [1.29, 1.82) is 0 Å². The lowest BCUT2D eigenvalue weighted by Gasteiger charge is -2.04. The van der Waals surface area contributed by atoms with Gasteiger partial charge in [-0.25, -0.2) is 9.67 Å². The van der Waals surface area contributed by atoms with E-state index in [-0.39, 0.29) is 5.69 Å². The number of halogens is 1. The van der Waals surface area contributed by atoms with Gasteiger partial charge in [0.25, 0.3) is 5.91 Å². The highest BCUT2D eigenvalue weighted by atomic mass is 35.5. The number of amides is 1. The van der Waals surface area contributed by atoms with Crippen molar-refractivity contribution in [3.63, 3.8) is 0 Å². The van der Waals surface area contributed by atoms with Crippen LogP contribution in [0, 0.1) is 0 Å². The molecular formula is C18H12ClN5O2. The molecule has 26 heavy (non-hydrogen) atoms. The van der Waals surface area contributed by atoms with Crippen LogP contribution in [0.1, 0.15) is 10.5 Å². The van der Waals surface area contributed by atoms with E-state index in [1.807, 2.05) is 12.1 Å². The van der Waals surface area contributed by atoms with Crippen molar-refractivity contribution < 1.29 is 9.32 Å². The first-order valence-corrected chi connectivity index (χ1v) is 8.07. The van der Waals surface area contributed by atoms with Gasteiger partial charge in [-0.15, -0.1) is 0 Å². The quantitative estimate of drug-likeness (QED) is 0.594. The van der Waals surface area contributed by atoms with E-state index in [9.17, 15) is 4.79 Å². The molecule has 3 aromatic heterocycles. The van der Waals surface area contributed by atoms with E-state index < -0.39 is 5.91 Å². The summed E-state index contributed by atoms with van der Waals surface area (Å²) in [5, 5.41) is 11.2. The van der Waals surface area contributed by atoms with E-state index in [2.05, 4.69) is 20.6 Å². The van der Waals surface area contributed by atoms with Crippen LogP contribution in [0.25, 0.3) is 17.1 Å². The topological polar surface area (TPSA) is 85.8 Å². The molecule has 7 nitrogen and oxygen atoms in total. The normalized spacial score (nSPS) is 10.7. The van der Waals surface area contributed by atoms with Gasteiger partial charge < -0.3 is 9.84 Å². The number of carbonyl (C=O) groups excluding carboxylic acids is 1. The first-order chi connectivity index (χ1) is 12.7. The fourth-order valence-electron chi connectivity index (χ4n) is 2.37.